The number of nitrogens with zero attached hydrogens (tertiary/aromatic N) is 2. The summed E-state index contributed by atoms with van der Waals surface area (Å²) >= 11 is 0. The number of hydrogen-bond acceptors (Lipinski definition) is 4. The van der Waals surface area contributed by atoms with E-state index >= 15 is 0 Å². The van der Waals surface area contributed by atoms with Crippen LogP contribution in [0.3, 0.4) is 0 Å². The minimum absolute atomic E-state index is 0.0238. The van der Waals surface area contributed by atoms with Gasteiger partial charge in [-0.3, -0.25) is 9.69 Å². The summed E-state index contributed by atoms with van der Waals surface area (Å²) in [5.41, 5.74) is 1.71. The van der Waals surface area contributed by atoms with Crippen molar-refractivity contribution in [2.75, 3.05) is 25.0 Å². The molecule has 5 nitrogen and oxygen atoms in total. The Labute approximate surface area is 125 Å². The predicted molar refractivity (Wildman–Crippen MR) is 80.8 cm³/mol. The number of rotatable bonds is 4. The van der Waals surface area contributed by atoms with Crippen LogP contribution in [0, 0.1) is 11.3 Å². The zero-order valence-electron chi connectivity index (χ0n) is 12.5. The lowest BCUT2D eigenvalue weighted by Gasteiger charge is -2.34. The van der Waals surface area contributed by atoms with E-state index in [9.17, 15) is 4.79 Å². The summed E-state index contributed by atoms with van der Waals surface area (Å²) in [5.74, 6) is -0.0238. The van der Waals surface area contributed by atoms with E-state index in [-0.39, 0.29) is 18.1 Å². The fraction of sp³-hybridized carbons (Fsp3) is 0.500. The molecule has 112 valence electrons. The van der Waals surface area contributed by atoms with Gasteiger partial charge in [0, 0.05) is 18.8 Å². The zero-order chi connectivity index (χ0) is 15.2. The first-order valence-electron chi connectivity index (χ1n) is 7.20. The van der Waals surface area contributed by atoms with E-state index < -0.39 is 0 Å². The first-order chi connectivity index (χ1) is 10.1. The molecule has 1 aromatic carbocycles. The molecule has 0 spiro atoms. The van der Waals surface area contributed by atoms with Crippen LogP contribution in [0.4, 0.5) is 5.69 Å². The normalized spacial score (nSPS) is 22.5. The SMILES string of the molecule is C[C@@H]1CN(CC(=O)Nc2ccc(CC#N)cc2)C[C@H](C)O1. The molecule has 1 amide bonds. The monoisotopic (exact) mass is 287 g/mol. The fourth-order valence-corrected chi connectivity index (χ4v) is 2.61. The molecule has 0 radical (unpaired) electrons. The second kappa shape index (κ2) is 7.21. The number of hydrogen-bond donors (Lipinski definition) is 1. The largest absolute Gasteiger partial charge is 0.373 e. The second-order valence-electron chi connectivity index (χ2n) is 5.53. The summed E-state index contributed by atoms with van der Waals surface area (Å²) < 4.78 is 5.65. The standard InChI is InChI=1S/C16H21N3O2/c1-12-9-19(10-13(2)21-12)11-16(20)18-15-5-3-14(4-6-15)7-8-17/h3-6,12-13H,7,9-11H2,1-2H3,(H,18,20)/t12-,13+. The first-order valence-corrected chi connectivity index (χ1v) is 7.20. The highest BCUT2D eigenvalue weighted by Crippen LogP contribution is 2.12. The van der Waals surface area contributed by atoms with Gasteiger partial charge >= 0.3 is 0 Å². The van der Waals surface area contributed by atoms with Gasteiger partial charge in [-0.2, -0.15) is 5.26 Å². The van der Waals surface area contributed by atoms with Crippen LogP contribution < -0.4 is 5.32 Å². The van der Waals surface area contributed by atoms with Crippen LogP contribution in [0.2, 0.25) is 0 Å². The summed E-state index contributed by atoms with van der Waals surface area (Å²) in [5, 5.41) is 11.5. The number of ether oxygens (including phenoxy) is 1. The summed E-state index contributed by atoms with van der Waals surface area (Å²) in [4.78, 5) is 14.2. The summed E-state index contributed by atoms with van der Waals surface area (Å²) in [6.07, 6.45) is 0.705. The van der Waals surface area contributed by atoms with Gasteiger partial charge in [0.15, 0.2) is 0 Å². The minimum atomic E-state index is -0.0238. The average molecular weight is 287 g/mol. The molecule has 2 rings (SSSR count). The molecule has 1 aromatic rings. The van der Waals surface area contributed by atoms with Crippen molar-refractivity contribution < 1.29 is 9.53 Å². The molecule has 0 unspecified atom stereocenters. The van der Waals surface area contributed by atoms with Crippen molar-refractivity contribution in [2.24, 2.45) is 0 Å². The molecule has 2 atom stereocenters. The maximum atomic E-state index is 12.1. The number of benzene rings is 1. The zero-order valence-corrected chi connectivity index (χ0v) is 12.5. The lowest BCUT2D eigenvalue weighted by molar-refractivity contribution is -0.121. The van der Waals surface area contributed by atoms with Crippen LogP contribution in [0.5, 0.6) is 0 Å². The molecule has 5 heteroatoms. The van der Waals surface area contributed by atoms with Crippen LogP contribution in [-0.4, -0.2) is 42.6 Å². The Kier molecular flexibility index (Phi) is 5.32. The molecular formula is C16H21N3O2. The number of carbonyl (C=O) groups excluding carboxylic acids is 1. The third-order valence-corrected chi connectivity index (χ3v) is 3.38. The second-order valence-corrected chi connectivity index (χ2v) is 5.53. The number of nitriles is 1. The molecule has 1 aliphatic heterocycles. The fourth-order valence-electron chi connectivity index (χ4n) is 2.61. The van der Waals surface area contributed by atoms with Gasteiger partial charge < -0.3 is 10.1 Å². The van der Waals surface area contributed by atoms with Crippen LogP contribution in [-0.2, 0) is 16.0 Å². The molecule has 0 bridgehead atoms. The Morgan fingerprint density at radius 3 is 2.52 bits per heavy atom. The summed E-state index contributed by atoms with van der Waals surface area (Å²) in [6.45, 7) is 5.97. The highest BCUT2D eigenvalue weighted by Gasteiger charge is 2.23. The maximum absolute atomic E-state index is 12.1. The van der Waals surface area contributed by atoms with E-state index in [1.807, 2.05) is 38.1 Å². The van der Waals surface area contributed by atoms with E-state index in [1.165, 1.54) is 0 Å². The molecule has 1 saturated heterocycles. The lowest BCUT2D eigenvalue weighted by Crippen LogP contribution is -2.48. The Bertz CT molecular complexity index is 511. The molecular weight excluding hydrogens is 266 g/mol. The Hall–Kier alpha value is -1.90. The maximum Gasteiger partial charge on any atom is 0.238 e. The van der Waals surface area contributed by atoms with E-state index in [1.54, 1.807) is 0 Å². The quantitative estimate of drug-likeness (QED) is 0.917. The molecule has 0 saturated carbocycles. The Morgan fingerprint density at radius 1 is 1.33 bits per heavy atom. The van der Waals surface area contributed by atoms with E-state index in [4.69, 9.17) is 10.00 Å². The van der Waals surface area contributed by atoms with Gasteiger partial charge in [0.1, 0.15) is 0 Å². The van der Waals surface area contributed by atoms with Gasteiger partial charge in [0.2, 0.25) is 5.91 Å². The topological polar surface area (TPSA) is 65.4 Å². The predicted octanol–water partition coefficient (Wildman–Crippen LogP) is 1.80. The highest BCUT2D eigenvalue weighted by molar-refractivity contribution is 5.92. The van der Waals surface area contributed by atoms with Crippen molar-refractivity contribution >= 4 is 11.6 Å². The molecule has 0 aliphatic carbocycles. The molecule has 1 aliphatic rings. The van der Waals surface area contributed by atoms with Gasteiger partial charge in [0.25, 0.3) is 0 Å². The highest BCUT2D eigenvalue weighted by atomic mass is 16.5. The lowest BCUT2D eigenvalue weighted by atomic mass is 10.1. The number of amides is 1. The van der Waals surface area contributed by atoms with Gasteiger partial charge in [-0.25, -0.2) is 0 Å². The number of carbonyl (C=O) groups is 1. The van der Waals surface area contributed by atoms with E-state index in [0.29, 0.717) is 13.0 Å². The van der Waals surface area contributed by atoms with Crippen LogP contribution in [0.15, 0.2) is 24.3 Å². The summed E-state index contributed by atoms with van der Waals surface area (Å²) in [6, 6.07) is 9.48. The molecule has 1 N–H and O–H groups in total. The molecule has 21 heavy (non-hydrogen) atoms. The van der Waals surface area contributed by atoms with Crippen molar-refractivity contribution in [1.82, 2.24) is 4.90 Å². The van der Waals surface area contributed by atoms with Crippen molar-refractivity contribution in [3.8, 4) is 6.07 Å². The van der Waals surface area contributed by atoms with Gasteiger partial charge in [-0.05, 0) is 31.5 Å². The van der Waals surface area contributed by atoms with E-state index in [0.717, 1.165) is 24.3 Å². The van der Waals surface area contributed by atoms with Gasteiger partial charge in [0.05, 0.1) is 31.2 Å². The molecule has 0 aromatic heterocycles. The van der Waals surface area contributed by atoms with Crippen molar-refractivity contribution in [3.63, 3.8) is 0 Å². The van der Waals surface area contributed by atoms with Crippen molar-refractivity contribution in [3.05, 3.63) is 29.8 Å². The number of nitrogens with one attached hydrogen (secondary N) is 1. The molecule has 1 fully saturated rings. The van der Waals surface area contributed by atoms with Crippen LogP contribution >= 0.6 is 0 Å². The third kappa shape index (κ3) is 4.85. The Morgan fingerprint density at radius 2 is 1.95 bits per heavy atom. The smallest absolute Gasteiger partial charge is 0.238 e. The van der Waals surface area contributed by atoms with Crippen LogP contribution in [0.25, 0.3) is 0 Å². The van der Waals surface area contributed by atoms with Gasteiger partial charge in [-0.1, -0.05) is 12.1 Å². The number of anilines is 1. The van der Waals surface area contributed by atoms with Crippen molar-refractivity contribution in [2.45, 2.75) is 32.5 Å². The van der Waals surface area contributed by atoms with Gasteiger partial charge in [-0.15, -0.1) is 0 Å². The van der Waals surface area contributed by atoms with Crippen molar-refractivity contribution in [1.29, 1.82) is 5.26 Å². The summed E-state index contributed by atoms with van der Waals surface area (Å²) in [7, 11) is 0. The Balaban J connectivity index is 1.85. The minimum Gasteiger partial charge on any atom is -0.373 e. The number of morpholine rings is 1. The van der Waals surface area contributed by atoms with E-state index in [2.05, 4.69) is 16.3 Å². The van der Waals surface area contributed by atoms with Crippen LogP contribution in [0.1, 0.15) is 19.4 Å². The molecule has 1 heterocycles. The first kappa shape index (κ1) is 15.5. The average Bonchev–Trinajstić information content (AvgIpc) is 2.40. The third-order valence-electron chi connectivity index (χ3n) is 3.38.